The average molecular weight is 1660 g/mol. The Morgan fingerprint density at radius 2 is 0.726 bits per heavy atom. The van der Waals surface area contributed by atoms with E-state index >= 15 is 0 Å². The van der Waals surface area contributed by atoms with E-state index in [9.17, 15) is 27.6 Å². The number of benzene rings is 5. The van der Waals surface area contributed by atoms with Crippen LogP contribution < -0.4 is 5.32 Å². The molecule has 5 aromatic rings. The topological polar surface area (TPSA) is 155 Å². The minimum atomic E-state index is -3.34. The molecule has 0 radical (unpaired) electrons. The van der Waals surface area contributed by atoms with Crippen molar-refractivity contribution in [3.63, 3.8) is 0 Å². The van der Waals surface area contributed by atoms with Gasteiger partial charge in [-0.15, -0.1) is 0 Å². The van der Waals surface area contributed by atoms with Gasteiger partial charge in [-0.3, -0.25) is 28.3 Å². The number of carbonyl (C=O) groups excluding carboxylic acids is 4. The van der Waals surface area contributed by atoms with Crippen LogP contribution in [0.15, 0.2) is 146 Å². The van der Waals surface area contributed by atoms with Gasteiger partial charge in [-0.1, -0.05) is 185 Å². The molecule has 113 heavy (non-hydrogen) atoms. The van der Waals surface area contributed by atoms with Gasteiger partial charge < -0.3 is 19.5 Å². The zero-order chi connectivity index (χ0) is 81.7. The molecular weight excluding hydrogens is 1520 g/mol. The molecule has 0 aliphatic carbocycles. The van der Waals surface area contributed by atoms with Crippen molar-refractivity contribution in [2.24, 2.45) is 5.41 Å². The van der Waals surface area contributed by atoms with Crippen molar-refractivity contribution in [1.29, 1.82) is 0 Å². The highest BCUT2D eigenvalue weighted by Gasteiger charge is 2.61. The minimum Gasteiger partial charge on any atom is -0.460 e. The molecule has 10 bridgehead atoms. The van der Waals surface area contributed by atoms with Crippen molar-refractivity contribution in [3.8, 4) is 0 Å². The number of amides is 3. The number of nitrogens with zero attached hydrogens (tertiary/aromatic N) is 1. The van der Waals surface area contributed by atoms with Crippen molar-refractivity contribution >= 4 is 88.3 Å². The second-order valence-corrected chi connectivity index (χ2v) is 54.6. The highest BCUT2D eigenvalue weighted by molar-refractivity contribution is 7.99. The SMILES string of the molecule is CC(=O)N1CC2CCC(CC1=O)[S+]2c1ccc(C(C)(C)C)cc1.CC(C)(C)C(=O)NC1CC2CCC(C1)[S+]2c1ccc(C(C)(C)C)cc1.CC(C)(C)c1ccc([S+]2C3CCC2CC(=O)OC3)cc1.CC(C)(C)c1ccc([S+]2C3CCC2CC(OS(C)(=O)=O)C3)cc1.CC(C)(C)c1ccc([S+]2C3CCC2CC2(C3)OCCO2)cc1. The van der Waals surface area contributed by atoms with Crippen molar-refractivity contribution in [3.05, 3.63) is 149 Å². The van der Waals surface area contributed by atoms with Crippen LogP contribution in [0.4, 0.5) is 0 Å². The number of cyclic esters (lactones) is 1. The smallest absolute Gasteiger partial charge is 0.311 e. The number of likely N-dealkylation sites (tertiary alicyclic amines) is 1. The molecule has 11 fully saturated rings. The molecule has 12 unspecified atom stereocenters. The Kier molecular flexibility index (Phi) is 27.4. The summed E-state index contributed by atoms with van der Waals surface area (Å²) >= 11 is 0. The molecule has 5 aromatic carbocycles. The van der Waals surface area contributed by atoms with Crippen LogP contribution in [0.2, 0.25) is 0 Å². The van der Waals surface area contributed by atoms with Gasteiger partial charge in [0.2, 0.25) is 17.7 Å². The molecule has 12 atom stereocenters. The van der Waals surface area contributed by atoms with E-state index in [1.54, 1.807) is 9.79 Å². The number of fused-ring (bicyclic) bond motifs is 10. The van der Waals surface area contributed by atoms with Gasteiger partial charge in [-0.2, -0.15) is 8.42 Å². The summed E-state index contributed by atoms with van der Waals surface area (Å²) in [5.41, 5.74) is 7.64. The Morgan fingerprint density at radius 1 is 0.425 bits per heavy atom. The van der Waals surface area contributed by atoms with Gasteiger partial charge in [0, 0.05) is 176 Å². The lowest BCUT2D eigenvalue weighted by Gasteiger charge is -2.35. The number of ether oxygens (including phenoxy) is 3. The quantitative estimate of drug-likeness (QED) is 0.0902. The van der Waals surface area contributed by atoms with E-state index in [0.717, 1.165) is 91.8 Å². The summed E-state index contributed by atoms with van der Waals surface area (Å²) in [6, 6.07) is 46.4. The second-order valence-electron chi connectivity index (χ2n) is 40.3. The summed E-state index contributed by atoms with van der Waals surface area (Å²) in [5.74, 6) is -0.0994. The fraction of sp³-hybridized carbons (Fsp3) is 0.642. The van der Waals surface area contributed by atoms with Gasteiger partial charge in [-0.05, 0) is 116 Å². The van der Waals surface area contributed by atoms with Gasteiger partial charge in [0.25, 0.3) is 10.1 Å². The molecular formula is C95H137N2O10S6+5. The van der Waals surface area contributed by atoms with E-state index in [0.29, 0.717) is 85.3 Å². The van der Waals surface area contributed by atoms with Crippen molar-refractivity contribution in [2.75, 3.05) is 32.6 Å². The molecule has 16 rings (SSSR count). The number of hydrogen-bond acceptors (Lipinski definition) is 10. The highest BCUT2D eigenvalue weighted by Crippen LogP contribution is 2.52. The van der Waals surface area contributed by atoms with E-state index in [4.69, 9.17) is 18.4 Å². The molecule has 12 nitrogen and oxygen atoms in total. The van der Waals surface area contributed by atoms with E-state index in [2.05, 4.69) is 231 Å². The normalized spacial score (nSPS) is 30.4. The van der Waals surface area contributed by atoms with Gasteiger partial charge in [0.15, 0.2) is 35.5 Å². The van der Waals surface area contributed by atoms with Crippen LogP contribution in [-0.2, 0) is 129 Å². The van der Waals surface area contributed by atoms with Gasteiger partial charge in [-0.25, -0.2) is 0 Å². The lowest BCUT2D eigenvalue weighted by Crippen LogP contribution is -2.48. The summed E-state index contributed by atoms with van der Waals surface area (Å²) in [5, 5.41) is 9.44. The minimum absolute atomic E-state index is 0.000937. The third-order valence-electron chi connectivity index (χ3n) is 25.3. The van der Waals surface area contributed by atoms with Gasteiger partial charge >= 0.3 is 5.97 Å². The van der Waals surface area contributed by atoms with Crippen LogP contribution in [-0.4, -0.2) is 140 Å². The molecule has 11 heterocycles. The second kappa shape index (κ2) is 35.2. The number of carbonyl (C=O) groups is 4. The molecule has 11 saturated heterocycles. The van der Waals surface area contributed by atoms with E-state index < -0.39 is 10.1 Å². The third kappa shape index (κ3) is 21.7. The van der Waals surface area contributed by atoms with E-state index in [1.165, 1.54) is 106 Å². The lowest BCUT2D eigenvalue weighted by molar-refractivity contribution is -0.166. The van der Waals surface area contributed by atoms with Gasteiger partial charge in [0.1, 0.15) is 53.9 Å². The molecule has 3 amide bonds. The van der Waals surface area contributed by atoms with E-state index in [-0.39, 0.29) is 101 Å². The molecule has 0 saturated carbocycles. The average Bonchev–Trinajstić information content (AvgIpc) is 1.58. The number of esters is 1. The number of rotatable bonds is 8. The maximum absolute atomic E-state index is 12.3. The molecule has 11 aliphatic heterocycles. The van der Waals surface area contributed by atoms with Crippen molar-refractivity contribution < 1.29 is 46.0 Å². The molecule has 618 valence electrons. The lowest BCUT2D eigenvalue weighted by atomic mass is 9.87. The number of nitrogens with one attached hydrogen (secondary N) is 1. The Hall–Kier alpha value is -4.24. The number of imide groups is 1. The summed E-state index contributed by atoms with van der Waals surface area (Å²) in [6.07, 6.45) is 20.9. The maximum Gasteiger partial charge on any atom is 0.311 e. The Balaban J connectivity index is 0.000000131. The van der Waals surface area contributed by atoms with Gasteiger partial charge in [0.05, 0.1) is 45.0 Å². The first-order valence-electron chi connectivity index (χ1n) is 42.4. The van der Waals surface area contributed by atoms with Crippen LogP contribution in [0.25, 0.3) is 0 Å². The predicted octanol–water partition coefficient (Wildman–Crippen LogP) is 19.2. The molecule has 1 N–H and O–H groups in total. The summed E-state index contributed by atoms with van der Waals surface area (Å²) < 4.78 is 45.4. The van der Waals surface area contributed by atoms with Crippen LogP contribution in [0.1, 0.15) is 275 Å². The van der Waals surface area contributed by atoms with E-state index in [1.807, 2.05) is 20.8 Å². The highest BCUT2D eigenvalue weighted by atomic mass is 32.2. The van der Waals surface area contributed by atoms with Crippen LogP contribution >= 0.6 is 0 Å². The maximum atomic E-state index is 12.3. The summed E-state index contributed by atoms with van der Waals surface area (Å²) in [7, 11) is -2.04. The Bertz CT molecular complexity index is 4150. The van der Waals surface area contributed by atoms with Crippen molar-refractivity contribution in [1.82, 2.24) is 10.2 Å². The third-order valence-corrected chi connectivity index (χ3v) is 41.2. The zero-order valence-electron chi connectivity index (χ0n) is 72.0. The fourth-order valence-corrected chi connectivity index (χ4v) is 36.2. The van der Waals surface area contributed by atoms with Crippen LogP contribution in [0.5, 0.6) is 0 Å². The molecule has 0 aromatic heterocycles. The Morgan fingerprint density at radius 3 is 1.07 bits per heavy atom. The molecule has 11 aliphatic rings. The first kappa shape index (κ1) is 88.1. The summed E-state index contributed by atoms with van der Waals surface area (Å²) in [4.78, 5) is 56.8. The molecule has 18 heteroatoms. The fourth-order valence-electron chi connectivity index (χ4n) is 19.1. The first-order valence-corrected chi connectivity index (χ1v) is 51.0. The predicted molar refractivity (Wildman–Crippen MR) is 474 cm³/mol. The standard InChI is InChI=1S/C22H33NOS.C19H26NO2S.C19H27O2S.C18H27O3S2.C17H23O2S/c1-21(2,3)15-7-9-17(10-8-15)25-18-11-12-19(25)14-16(13-18)23-20(24)22(4,5)6;1-13(21)20-12-17-10-9-16(11-18(20)22)23(17)15-7-5-14(6-8-15)19(2,3)4;1-18(2,3)14-4-6-15(7-5-14)22-16-8-9-17(22)13-19(12-16)20-10-11-21-19;1-18(2,3)13-5-7-15(8-6-13)22-16-9-10-17(22)12-14(11-16)21-23(4,19)20;1-17(2,3)12-4-6-13(7-5-12)20-14-8-9-15(20)11-19-16(18)10-14/h7-10,16,18-19H,11-14H2,1-6H3;5-8,16-17H,9-12H2,1-4H3;4-7,16-17H,8-13H2,1-3H3;5-8,14,16-17H,9-12H2,1-4H3;4-7,14-15H,8-11H2,1-3H3/q;4*+1/p+1. The first-order chi connectivity index (χ1) is 52.9. The monoisotopic (exact) mass is 1660 g/mol. The van der Waals surface area contributed by atoms with Crippen molar-refractivity contribution in [2.45, 2.75) is 369 Å². The zero-order valence-corrected chi connectivity index (χ0v) is 76.9. The van der Waals surface area contributed by atoms with Crippen LogP contribution in [0, 0.1) is 5.41 Å². The number of hydrogen-bond donors (Lipinski definition) is 1. The molecule has 1 spiro atoms. The van der Waals surface area contributed by atoms with Crippen LogP contribution in [0.3, 0.4) is 0 Å². The largest absolute Gasteiger partial charge is 0.460 e. The Labute approximate surface area is 695 Å². The summed E-state index contributed by atoms with van der Waals surface area (Å²) in [6.45, 7) is 44.1.